The van der Waals surface area contributed by atoms with E-state index >= 15 is 0 Å². The van der Waals surface area contributed by atoms with Crippen LogP contribution in [0, 0.1) is 0 Å². The molecule has 12 heteroatoms. The zero-order valence-corrected chi connectivity index (χ0v) is 27.0. The molecule has 46 heavy (non-hydrogen) atoms. The molecule has 2 amide bonds. The van der Waals surface area contributed by atoms with Crippen molar-refractivity contribution in [2.75, 3.05) is 28.3 Å². The van der Waals surface area contributed by atoms with Crippen LogP contribution in [0.4, 0.5) is 11.4 Å². The molecule has 0 radical (unpaired) electrons. The number of anilines is 2. The Labute approximate surface area is 278 Å². The average Bonchev–Trinajstić information content (AvgIpc) is 3.82. The molecule has 1 aliphatic heterocycles. The lowest BCUT2D eigenvalue weighted by Crippen LogP contribution is -2.30. The molecule has 0 aliphatic carbocycles. The van der Waals surface area contributed by atoms with Gasteiger partial charge in [0.25, 0.3) is 0 Å². The number of ether oxygens (including phenoxy) is 1. The zero-order valence-electron chi connectivity index (χ0n) is 24.5. The van der Waals surface area contributed by atoms with Crippen LogP contribution in [0.2, 0.25) is 0 Å². The van der Waals surface area contributed by atoms with Crippen molar-refractivity contribution in [3.05, 3.63) is 115 Å². The van der Waals surface area contributed by atoms with E-state index in [-0.39, 0.29) is 24.2 Å². The van der Waals surface area contributed by atoms with E-state index in [1.54, 1.807) is 0 Å². The summed E-state index contributed by atoms with van der Waals surface area (Å²) in [7, 11) is 0. The number of carbonyl (C=O) groups is 2. The van der Waals surface area contributed by atoms with Crippen molar-refractivity contribution in [2.45, 2.75) is 22.5 Å². The third-order valence-corrected chi connectivity index (χ3v) is 10.4. The highest BCUT2D eigenvalue weighted by atomic mass is 32.2. The van der Waals surface area contributed by atoms with Gasteiger partial charge in [-0.25, -0.2) is 4.98 Å². The molecule has 1 aliphatic rings. The molecule has 0 saturated carbocycles. The van der Waals surface area contributed by atoms with Crippen LogP contribution in [0.15, 0.2) is 113 Å². The number of benzene rings is 4. The maximum atomic E-state index is 13.0. The molecule has 0 fully saturated rings. The van der Waals surface area contributed by atoms with Gasteiger partial charge in [-0.2, -0.15) is 0 Å². The van der Waals surface area contributed by atoms with Crippen LogP contribution in [0.3, 0.4) is 0 Å². The maximum Gasteiger partial charge on any atom is 0.237 e. The first kappa shape index (κ1) is 30.0. The summed E-state index contributed by atoms with van der Waals surface area (Å²) in [6.07, 6.45) is 0.888. The van der Waals surface area contributed by atoms with Gasteiger partial charge in [-0.1, -0.05) is 78.1 Å². The molecule has 0 saturated heterocycles. The van der Waals surface area contributed by atoms with Crippen molar-refractivity contribution >= 4 is 68.3 Å². The number of nitrogens with one attached hydrogen (secondary N) is 1. The van der Waals surface area contributed by atoms with E-state index in [0.29, 0.717) is 29.0 Å². The number of aromatic nitrogens is 4. The first-order chi connectivity index (χ1) is 22.6. The van der Waals surface area contributed by atoms with Crippen molar-refractivity contribution < 1.29 is 14.3 Å². The lowest BCUT2D eigenvalue weighted by molar-refractivity contribution is -0.116. The van der Waals surface area contributed by atoms with Crippen LogP contribution in [-0.4, -0.2) is 49.6 Å². The number of nitrogens with zero attached hydrogens (tertiary/aromatic N) is 5. The predicted molar refractivity (Wildman–Crippen MR) is 184 cm³/mol. The average molecular weight is 665 g/mol. The lowest BCUT2D eigenvalue weighted by atomic mass is 10.2. The van der Waals surface area contributed by atoms with Gasteiger partial charge in [0.15, 0.2) is 15.3 Å². The highest BCUT2D eigenvalue weighted by Gasteiger charge is 2.24. The largest absolute Gasteiger partial charge is 0.486 e. The van der Waals surface area contributed by atoms with Crippen molar-refractivity contribution in [3.63, 3.8) is 0 Å². The van der Waals surface area contributed by atoms with Gasteiger partial charge in [0.1, 0.15) is 12.4 Å². The number of para-hydroxylation sites is 3. The summed E-state index contributed by atoms with van der Waals surface area (Å²) in [4.78, 5) is 32.5. The van der Waals surface area contributed by atoms with E-state index in [2.05, 4.69) is 21.6 Å². The van der Waals surface area contributed by atoms with E-state index in [1.807, 2.05) is 107 Å². The number of hydrogen-bond acceptors (Lipinski definition) is 9. The van der Waals surface area contributed by atoms with Gasteiger partial charge >= 0.3 is 0 Å². The zero-order chi connectivity index (χ0) is 31.3. The van der Waals surface area contributed by atoms with Crippen molar-refractivity contribution in [1.82, 2.24) is 19.7 Å². The Kier molecular flexibility index (Phi) is 8.99. The number of thioether (sulfide) groups is 2. The van der Waals surface area contributed by atoms with Crippen molar-refractivity contribution in [1.29, 1.82) is 0 Å². The summed E-state index contributed by atoms with van der Waals surface area (Å²) in [5.74, 6) is 1.76. The Hall–Kier alpha value is -4.65. The topological polar surface area (TPSA) is 102 Å². The fourth-order valence-corrected chi connectivity index (χ4v) is 7.91. The summed E-state index contributed by atoms with van der Waals surface area (Å²) in [6.45, 7) is 0.947. The fourth-order valence-electron chi connectivity index (χ4n) is 5.16. The van der Waals surface area contributed by atoms with E-state index < -0.39 is 0 Å². The second-order valence-electron chi connectivity index (χ2n) is 10.4. The number of hydrogen-bond donors (Lipinski definition) is 1. The van der Waals surface area contributed by atoms with Gasteiger partial charge < -0.3 is 15.0 Å². The van der Waals surface area contributed by atoms with E-state index in [9.17, 15) is 9.59 Å². The van der Waals surface area contributed by atoms with Gasteiger partial charge in [0.2, 0.25) is 11.8 Å². The van der Waals surface area contributed by atoms with Crippen LogP contribution < -0.4 is 15.0 Å². The number of carbonyl (C=O) groups excluding carboxylic acids is 2. The van der Waals surface area contributed by atoms with Crippen LogP contribution >= 0.6 is 34.9 Å². The molecule has 0 atom stereocenters. The molecule has 9 nitrogen and oxygen atoms in total. The summed E-state index contributed by atoms with van der Waals surface area (Å²) < 4.78 is 9.61. The fraction of sp³-hybridized carbons (Fsp3) is 0.147. The molecular weight excluding hydrogens is 637 g/mol. The molecule has 0 unspecified atom stereocenters. The monoisotopic (exact) mass is 664 g/mol. The second kappa shape index (κ2) is 13.8. The maximum absolute atomic E-state index is 13.0. The summed E-state index contributed by atoms with van der Waals surface area (Å²) in [5.41, 5.74) is 4.63. The molecule has 230 valence electrons. The van der Waals surface area contributed by atoms with E-state index in [1.165, 1.54) is 40.4 Å². The molecule has 2 aromatic heterocycles. The normalized spacial score (nSPS) is 12.3. The quantitative estimate of drug-likeness (QED) is 0.150. The smallest absolute Gasteiger partial charge is 0.237 e. The minimum absolute atomic E-state index is 0.0820. The van der Waals surface area contributed by atoms with Gasteiger partial charge in [0.05, 0.1) is 21.7 Å². The number of rotatable bonds is 11. The molecule has 3 heterocycles. The lowest BCUT2D eigenvalue weighted by Gasteiger charge is -2.16. The Morgan fingerprint density at radius 3 is 2.50 bits per heavy atom. The van der Waals surface area contributed by atoms with E-state index in [4.69, 9.17) is 9.72 Å². The molecule has 7 rings (SSSR count). The summed E-state index contributed by atoms with van der Waals surface area (Å²) >= 11 is 4.27. The minimum atomic E-state index is -0.162. The first-order valence-corrected chi connectivity index (χ1v) is 17.4. The third kappa shape index (κ3) is 6.79. The van der Waals surface area contributed by atoms with Crippen LogP contribution in [-0.2, 0) is 22.6 Å². The Balaban J connectivity index is 0.972. The van der Waals surface area contributed by atoms with Crippen LogP contribution in [0.25, 0.3) is 15.9 Å². The van der Waals surface area contributed by atoms with Gasteiger partial charge in [-0.05, 0) is 60.5 Å². The summed E-state index contributed by atoms with van der Waals surface area (Å²) in [5, 5.41) is 12.3. The van der Waals surface area contributed by atoms with Crippen LogP contribution in [0.1, 0.15) is 11.4 Å². The minimum Gasteiger partial charge on any atom is -0.486 e. The van der Waals surface area contributed by atoms with Crippen molar-refractivity contribution in [2.24, 2.45) is 0 Å². The standard InChI is InChI=1S/C34H28N6O3S3/c41-31(21-44-33-38-37-30(20-43-26-12-5-2-6-13-26)40(33)25-10-3-1-4-11-25)35-24-15-16-27-29(19-24)46-34(36-27)45-22-32(42)39-18-17-23-9-7-8-14-28(23)39/h1-16,19H,17-18,20-22H2,(H,35,41). The molecule has 0 bridgehead atoms. The molecular formula is C34H28N6O3S3. The molecule has 1 N–H and O–H groups in total. The summed E-state index contributed by atoms with van der Waals surface area (Å²) in [6, 6.07) is 33.0. The Morgan fingerprint density at radius 1 is 0.870 bits per heavy atom. The Morgan fingerprint density at radius 2 is 1.65 bits per heavy atom. The van der Waals surface area contributed by atoms with Gasteiger partial charge in [-0.15, -0.1) is 21.5 Å². The number of fused-ring (bicyclic) bond motifs is 2. The third-order valence-electron chi connectivity index (χ3n) is 7.32. The first-order valence-electron chi connectivity index (χ1n) is 14.6. The van der Waals surface area contributed by atoms with Gasteiger partial charge in [-0.3, -0.25) is 14.2 Å². The van der Waals surface area contributed by atoms with Crippen molar-refractivity contribution in [3.8, 4) is 11.4 Å². The highest BCUT2D eigenvalue weighted by molar-refractivity contribution is 8.01. The Bertz CT molecular complexity index is 2000. The van der Waals surface area contributed by atoms with E-state index in [0.717, 1.165) is 38.1 Å². The number of thiazole rings is 1. The predicted octanol–water partition coefficient (Wildman–Crippen LogP) is 6.87. The highest BCUT2D eigenvalue weighted by Crippen LogP contribution is 2.33. The van der Waals surface area contributed by atoms with Gasteiger partial charge in [0, 0.05) is 23.6 Å². The van der Waals surface area contributed by atoms with Crippen LogP contribution in [0.5, 0.6) is 5.75 Å². The molecule has 0 spiro atoms. The molecule has 6 aromatic rings. The second-order valence-corrected chi connectivity index (χ2v) is 13.6. The SMILES string of the molecule is O=C(CSc1nnc(COc2ccccc2)n1-c1ccccc1)Nc1ccc2nc(SCC(=O)N3CCc4ccccc43)sc2c1. The molecule has 4 aromatic carbocycles. The number of amides is 2.